The number of nitrogens with two attached hydrogens (primary N) is 2. The Kier molecular flexibility index (Phi) is 7.53. The van der Waals surface area contributed by atoms with Crippen LogP contribution >= 0.6 is 0 Å². The van der Waals surface area contributed by atoms with Crippen LogP contribution in [0.5, 0.6) is 0 Å². The number of Topliss-reactive ketones (excluding diaryl/α,β-unsaturated/α-hetero) is 1. The van der Waals surface area contributed by atoms with Crippen molar-refractivity contribution in [2.45, 2.75) is 25.5 Å². The summed E-state index contributed by atoms with van der Waals surface area (Å²) >= 11 is 0. The third-order valence-electron chi connectivity index (χ3n) is 3.05. The van der Waals surface area contributed by atoms with Gasteiger partial charge in [0.15, 0.2) is 0 Å². The van der Waals surface area contributed by atoms with E-state index in [0.29, 0.717) is 5.01 Å². The standard InChI is InChI=1S/C15H19N3O6/c16-11(6-7-12(19)18(17)8-13(20)21)14(22)15(23)24-9-10-4-2-1-3-5-10/h1-5,11H,6-9,16-17H2,(H,20,21)/t11-/m0/s1. The Morgan fingerprint density at radius 2 is 1.79 bits per heavy atom. The van der Waals surface area contributed by atoms with Crippen molar-refractivity contribution in [3.05, 3.63) is 35.9 Å². The molecular formula is C15H19N3O6. The number of benzene rings is 1. The van der Waals surface area contributed by atoms with Gasteiger partial charge in [0.25, 0.3) is 5.78 Å². The molecule has 0 unspecified atom stereocenters. The van der Waals surface area contributed by atoms with Crippen LogP contribution in [-0.2, 0) is 30.5 Å². The topological polar surface area (TPSA) is 153 Å². The van der Waals surface area contributed by atoms with Gasteiger partial charge < -0.3 is 15.6 Å². The number of carboxylic acid groups (broad SMARTS) is 1. The number of carbonyl (C=O) groups excluding carboxylic acids is 3. The molecule has 1 aromatic carbocycles. The molecule has 0 heterocycles. The molecule has 5 N–H and O–H groups in total. The van der Waals surface area contributed by atoms with Gasteiger partial charge in [0.2, 0.25) is 5.91 Å². The molecule has 1 atom stereocenters. The molecule has 0 spiro atoms. The monoisotopic (exact) mass is 337 g/mol. The Morgan fingerprint density at radius 1 is 1.17 bits per heavy atom. The van der Waals surface area contributed by atoms with Crippen LogP contribution in [0.3, 0.4) is 0 Å². The summed E-state index contributed by atoms with van der Waals surface area (Å²) in [5, 5.41) is 9.02. The lowest BCUT2D eigenvalue weighted by atomic mass is 10.1. The first-order chi connectivity index (χ1) is 11.3. The molecule has 0 aliphatic rings. The highest BCUT2D eigenvalue weighted by Gasteiger charge is 2.25. The summed E-state index contributed by atoms with van der Waals surface area (Å²) in [7, 11) is 0. The highest BCUT2D eigenvalue weighted by molar-refractivity contribution is 6.35. The van der Waals surface area contributed by atoms with E-state index in [-0.39, 0.29) is 19.4 Å². The fourth-order valence-corrected chi connectivity index (χ4v) is 1.73. The van der Waals surface area contributed by atoms with Crippen molar-refractivity contribution in [1.29, 1.82) is 0 Å². The summed E-state index contributed by atoms with van der Waals surface area (Å²) in [5.74, 6) is 1.23. The first-order valence-corrected chi connectivity index (χ1v) is 7.08. The summed E-state index contributed by atoms with van der Waals surface area (Å²) in [6.45, 7) is -0.729. The Morgan fingerprint density at radius 3 is 2.38 bits per heavy atom. The van der Waals surface area contributed by atoms with E-state index in [9.17, 15) is 19.2 Å². The molecule has 0 fully saturated rings. The van der Waals surface area contributed by atoms with Gasteiger partial charge in [-0.05, 0) is 12.0 Å². The number of carbonyl (C=O) groups is 4. The highest BCUT2D eigenvalue weighted by atomic mass is 16.5. The normalized spacial score (nSPS) is 11.4. The molecule has 0 aliphatic carbocycles. The van der Waals surface area contributed by atoms with Crippen LogP contribution in [0.2, 0.25) is 0 Å². The minimum atomic E-state index is -1.27. The number of ether oxygens (including phenoxy) is 1. The van der Waals surface area contributed by atoms with Gasteiger partial charge in [0, 0.05) is 6.42 Å². The average molecular weight is 337 g/mol. The van der Waals surface area contributed by atoms with E-state index in [0.717, 1.165) is 5.56 Å². The average Bonchev–Trinajstić information content (AvgIpc) is 2.56. The Hall–Kier alpha value is -2.78. The van der Waals surface area contributed by atoms with Crippen LogP contribution in [0.15, 0.2) is 30.3 Å². The van der Waals surface area contributed by atoms with Crippen LogP contribution in [0.25, 0.3) is 0 Å². The molecule has 0 aliphatic heterocycles. The highest BCUT2D eigenvalue weighted by Crippen LogP contribution is 2.04. The van der Waals surface area contributed by atoms with Crippen LogP contribution in [0.1, 0.15) is 18.4 Å². The first kappa shape index (κ1) is 19.3. The molecule has 0 aromatic heterocycles. The fourth-order valence-electron chi connectivity index (χ4n) is 1.73. The number of hydrogen-bond acceptors (Lipinski definition) is 7. The van der Waals surface area contributed by atoms with E-state index in [2.05, 4.69) is 0 Å². The summed E-state index contributed by atoms with van der Waals surface area (Å²) in [6.07, 6.45) is -0.409. The van der Waals surface area contributed by atoms with E-state index in [1.807, 2.05) is 0 Å². The van der Waals surface area contributed by atoms with Crippen molar-refractivity contribution >= 4 is 23.6 Å². The molecule has 1 aromatic rings. The van der Waals surface area contributed by atoms with Gasteiger partial charge in [-0.15, -0.1) is 0 Å². The van der Waals surface area contributed by atoms with Gasteiger partial charge in [-0.3, -0.25) is 19.4 Å². The molecule has 0 saturated carbocycles. The lowest BCUT2D eigenvalue weighted by molar-refractivity contribution is -0.155. The molecule has 0 bridgehead atoms. The number of aliphatic carboxylic acids is 1. The molecule has 9 nitrogen and oxygen atoms in total. The Bertz CT molecular complexity index is 604. The minimum absolute atomic E-state index is 0.0632. The minimum Gasteiger partial charge on any atom is -0.480 e. The summed E-state index contributed by atoms with van der Waals surface area (Å²) in [5.41, 5.74) is 6.28. The lowest BCUT2D eigenvalue weighted by Crippen LogP contribution is -2.43. The van der Waals surface area contributed by atoms with Crippen molar-refractivity contribution in [3.8, 4) is 0 Å². The van der Waals surface area contributed by atoms with Crippen molar-refractivity contribution in [2.75, 3.05) is 6.54 Å². The third kappa shape index (κ3) is 6.55. The van der Waals surface area contributed by atoms with Gasteiger partial charge in [0.05, 0.1) is 6.04 Å². The SMILES string of the molecule is N[C@@H](CCC(=O)N(N)CC(=O)O)C(=O)C(=O)OCc1ccccc1. The largest absolute Gasteiger partial charge is 0.480 e. The second kappa shape index (κ2) is 9.38. The summed E-state index contributed by atoms with van der Waals surface area (Å²) in [4.78, 5) is 45.4. The molecular weight excluding hydrogens is 318 g/mol. The number of carboxylic acids is 1. The maximum atomic E-state index is 11.8. The number of amides is 1. The predicted molar refractivity (Wildman–Crippen MR) is 82.0 cm³/mol. The number of hydrazine groups is 1. The molecule has 24 heavy (non-hydrogen) atoms. The van der Waals surface area contributed by atoms with E-state index in [1.54, 1.807) is 30.3 Å². The van der Waals surface area contributed by atoms with E-state index in [4.69, 9.17) is 21.4 Å². The van der Waals surface area contributed by atoms with Gasteiger partial charge in [-0.1, -0.05) is 30.3 Å². The van der Waals surface area contributed by atoms with Crippen LogP contribution < -0.4 is 11.6 Å². The third-order valence-corrected chi connectivity index (χ3v) is 3.05. The number of hydrogen-bond donors (Lipinski definition) is 3. The summed E-state index contributed by atoms with van der Waals surface area (Å²) < 4.78 is 4.85. The molecule has 130 valence electrons. The molecule has 1 rings (SSSR count). The molecule has 0 saturated heterocycles. The molecule has 1 amide bonds. The van der Waals surface area contributed by atoms with Crippen LogP contribution in [0, 0.1) is 0 Å². The smallest absolute Gasteiger partial charge is 0.376 e. The van der Waals surface area contributed by atoms with Gasteiger partial charge >= 0.3 is 11.9 Å². The zero-order chi connectivity index (χ0) is 18.1. The lowest BCUT2D eigenvalue weighted by Gasteiger charge is -2.15. The van der Waals surface area contributed by atoms with E-state index in [1.165, 1.54) is 0 Å². The van der Waals surface area contributed by atoms with Crippen molar-refractivity contribution in [3.63, 3.8) is 0 Å². The predicted octanol–water partition coefficient (Wildman–Crippen LogP) is -0.807. The van der Waals surface area contributed by atoms with Crippen molar-refractivity contribution < 1.29 is 29.0 Å². The second-order valence-corrected chi connectivity index (χ2v) is 4.99. The first-order valence-electron chi connectivity index (χ1n) is 7.08. The Labute approximate surface area is 138 Å². The number of ketones is 1. The van der Waals surface area contributed by atoms with Crippen molar-refractivity contribution in [2.24, 2.45) is 11.6 Å². The quantitative estimate of drug-likeness (QED) is 0.174. The van der Waals surface area contributed by atoms with Crippen LogP contribution in [0.4, 0.5) is 0 Å². The summed E-state index contributed by atoms with van der Waals surface area (Å²) in [6, 6.07) is 7.56. The maximum Gasteiger partial charge on any atom is 0.376 e. The zero-order valence-electron chi connectivity index (χ0n) is 12.9. The van der Waals surface area contributed by atoms with E-state index >= 15 is 0 Å². The number of rotatable bonds is 9. The number of nitrogens with zero attached hydrogens (tertiary/aromatic N) is 1. The van der Waals surface area contributed by atoms with Crippen molar-refractivity contribution in [1.82, 2.24) is 5.01 Å². The van der Waals surface area contributed by atoms with Gasteiger partial charge in [0.1, 0.15) is 13.2 Å². The second-order valence-electron chi connectivity index (χ2n) is 4.99. The van der Waals surface area contributed by atoms with E-state index < -0.39 is 36.2 Å². The fraction of sp³-hybridized carbons (Fsp3) is 0.333. The number of esters is 1. The molecule has 9 heteroatoms. The van der Waals surface area contributed by atoms with Crippen LogP contribution in [-0.4, -0.2) is 46.3 Å². The maximum absolute atomic E-state index is 11.8. The zero-order valence-corrected chi connectivity index (χ0v) is 12.9. The van der Waals surface area contributed by atoms with Gasteiger partial charge in [-0.2, -0.15) is 0 Å². The van der Waals surface area contributed by atoms with Gasteiger partial charge in [-0.25, -0.2) is 10.6 Å². The molecule has 0 radical (unpaired) electrons. The Balaban J connectivity index is 2.39.